The van der Waals surface area contributed by atoms with E-state index in [2.05, 4.69) is 28.3 Å². The van der Waals surface area contributed by atoms with Gasteiger partial charge in [0.05, 0.1) is 16.8 Å². The summed E-state index contributed by atoms with van der Waals surface area (Å²) in [6, 6.07) is 9.58. The lowest BCUT2D eigenvalue weighted by atomic mass is 9.99. The maximum atomic E-state index is 12.7. The summed E-state index contributed by atoms with van der Waals surface area (Å²) >= 11 is 0. The van der Waals surface area contributed by atoms with Crippen molar-refractivity contribution in [3.05, 3.63) is 47.8 Å². The van der Waals surface area contributed by atoms with Crippen LogP contribution >= 0.6 is 0 Å². The second kappa shape index (κ2) is 7.75. The Bertz CT molecular complexity index is 781. The van der Waals surface area contributed by atoms with Crippen LogP contribution in [0.2, 0.25) is 0 Å². The zero-order valence-electron chi connectivity index (χ0n) is 14.3. The second-order valence-electron chi connectivity index (χ2n) is 6.13. The fourth-order valence-electron chi connectivity index (χ4n) is 3.17. The van der Waals surface area contributed by atoms with Crippen LogP contribution < -0.4 is 5.32 Å². The van der Waals surface area contributed by atoms with Crippen molar-refractivity contribution in [2.45, 2.75) is 38.6 Å². The molecule has 25 heavy (non-hydrogen) atoms. The van der Waals surface area contributed by atoms with Gasteiger partial charge in [0.15, 0.2) is 0 Å². The van der Waals surface area contributed by atoms with Crippen molar-refractivity contribution < 1.29 is 4.79 Å². The summed E-state index contributed by atoms with van der Waals surface area (Å²) in [7, 11) is 0. The molecule has 128 valence electrons. The van der Waals surface area contributed by atoms with Crippen molar-refractivity contribution in [2.75, 3.05) is 11.9 Å². The van der Waals surface area contributed by atoms with Gasteiger partial charge in [0.25, 0.3) is 5.91 Å². The fourth-order valence-corrected chi connectivity index (χ4v) is 3.17. The number of carbonyl (C=O) groups is 1. The summed E-state index contributed by atoms with van der Waals surface area (Å²) in [6.45, 7) is 2.92. The number of nitriles is 1. The third-order valence-corrected chi connectivity index (χ3v) is 4.55. The first-order chi connectivity index (χ1) is 12.2. The van der Waals surface area contributed by atoms with Gasteiger partial charge in [0.1, 0.15) is 6.07 Å². The summed E-state index contributed by atoms with van der Waals surface area (Å²) in [6.07, 6.45) is 7.36. The predicted molar refractivity (Wildman–Crippen MR) is 95.4 cm³/mol. The van der Waals surface area contributed by atoms with Gasteiger partial charge in [0.2, 0.25) is 5.95 Å². The highest BCUT2D eigenvalue weighted by Crippen LogP contribution is 2.22. The van der Waals surface area contributed by atoms with Gasteiger partial charge in [-0.3, -0.25) is 4.79 Å². The third-order valence-electron chi connectivity index (χ3n) is 4.55. The molecule has 6 nitrogen and oxygen atoms in total. The van der Waals surface area contributed by atoms with Crippen molar-refractivity contribution in [3.8, 4) is 6.07 Å². The maximum Gasteiger partial charge on any atom is 0.257 e. The second-order valence-corrected chi connectivity index (χ2v) is 6.13. The van der Waals surface area contributed by atoms with Crippen LogP contribution in [0.15, 0.2) is 36.7 Å². The standard InChI is InChI=1S/C19H21N5O/c1-2-16-8-5-6-10-24(16)18(25)15-12-21-19(22-13-15)23-17-9-4-3-7-14(17)11-20/h3-4,7,9,12-13,16H,2,5-6,8,10H2,1H3,(H,21,22,23). The molecule has 6 heteroatoms. The molecule has 0 aliphatic carbocycles. The molecule has 0 bridgehead atoms. The zero-order valence-corrected chi connectivity index (χ0v) is 14.3. The molecule has 1 unspecified atom stereocenters. The number of hydrogen-bond donors (Lipinski definition) is 1. The first-order valence-electron chi connectivity index (χ1n) is 8.62. The number of hydrogen-bond acceptors (Lipinski definition) is 5. The van der Waals surface area contributed by atoms with Crippen LogP contribution in [0.5, 0.6) is 0 Å². The van der Waals surface area contributed by atoms with Gasteiger partial charge in [-0.15, -0.1) is 0 Å². The number of amides is 1. The maximum absolute atomic E-state index is 12.7. The molecule has 1 atom stereocenters. The Morgan fingerprint density at radius 2 is 2.08 bits per heavy atom. The molecule has 2 heterocycles. The number of rotatable bonds is 4. The lowest BCUT2D eigenvalue weighted by Crippen LogP contribution is -2.43. The van der Waals surface area contributed by atoms with Crippen molar-refractivity contribution in [3.63, 3.8) is 0 Å². The minimum absolute atomic E-state index is 0.00414. The highest BCUT2D eigenvalue weighted by atomic mass is 16.2. The average Bonchev–Trinajstić information content (AvgIpc) is 2.68. The molecule has 0 spiro atoms. The van der Waals surface area contributed by atoms with Crippen LogP contribution in [0.25, 0.3) is 0 Å². The molecular weight excluding hydrogens is 314 g/mol. The van der Waals surface area contributed by atoms with E-state index in [-0.39, 0.29) is 5.91 Å². The van der Waals surface area contributed by atoms with Crippen LogP contribution in [-0.2, 0) is 0 Å². The normalized spacial score (nSPS) is 17.0. The van der Waals surface area contributed by atoms with Gasteiger partial charge >= 0.3 is 0 Å². The largest absolute Gasteiger partial charge is 0.336 e. The first kappa shape index (κ1) is 16.9. The Hall–Kier alpha value is -2.94. The predicted octanol–water partition coefficient (Wildman–Crippen LogP) is 3.50. The first-order valence-corrected chi connectivity index (χ1v) is 8.62. The molecule has 1 aromatic carbocycles. The van der Waals surface area contributed by atoms with Crippen LogP contribution in [0, 0.1) is 11.3 Å². The van der Waals surface area contributed by atoms with E-state index >= 15 is 0 Å². The number of likely N-dealkylation sites (tertiary alicyclic amines) is 1. The molecule has 0 radical (unpaired) electrons. The van der Waals surface area contributed by atoms with Gasteiger partial charge in [-0.2, -0.15) is 5.26 Å². The number of benzene rings is 1. The molecule has 1 N–H and O–H groups in total. The number of carbonyl (C=O) groups excluding carboxylic acids is 1. The van der Waals surface area contributed by atoms with E-state index < -0.39 is 0 Å². The van der Waals surface area contributed by atoms with Crippen molar-refractivity contribution in [1.82, 2.24) is 14.9 Å². The summed E-state index contributed by atoms with van der Waals surface area (Å²) in [5.74, 6) is 0.362. The summed E-state index contributed by atoms with van der Waals surface area (Å²) < 4.78 is 0. The molecular formula is C19H21N5O. The van der Waals surface area contributed by atoms with E-state index in [1.165, 1.54) is 6.42 Å². The molecule has 2 aromatic rings. The van der Waals surface area contributed by atoms with E-state index in [4.69, 9.17) is 5.26 Å². The third kappa shape index (κ3) is 3.77. The van der Waals surface area contributed by atoms with E-state index in [0.717, 1.165) is 25.8 Å². The molecule has 1 aliphatic rings. The highest BCUT2D eigenvalue weighted by Gasteiger charge is 2.26. The molecule has 1 amide bonds. The summed E-state index contributed by atoms with van der Waals surface area (Å²) in [5.41, 5.74) is 1.66. The lowest BCUT2D eigenvalue weighted by molar-refractivity contribution is 0.0607. The lowest BCUT2D eigenvalue weighted by Gasteiger charge is -2.35. The molecule has 0 saturated carbocycles. The quantitative estimate of drug-likeness (QED) is 0.925. The molecule has 1 aliphatic heterocycles. The average molecular weight is 335 g/mol. The Morgan fingerprint density at radius 3 is 2.80 bits per heavy atom. The molecule has 3 rings (SSSR count). The van der Waals surface area contributed by atoms with E-state index in [9.17, 15) is 4.79 Å². The number of piperidine rings is 1. The van der Waals surface area contributed by atoms with Crippen molar-refractivity contribution in [2.24, 2.45) is 0 Å². The summed E-state index contributed by atoms with van der Waals surface area (Å²) in [5, 5.41) is 12.1. The Labute approximate surface area is 147 Å². The Morgan fingerprint density at radius 1 is 1.32 bits per heavy atom. The van der Waals surface area contributed by atoms with Gasteiger partial charge < -0.3 is 10.2 Å². The Balaban J connectivity index is 1.74. The molecule has 1 aromatic heterocycles. The van der Waals surface area contributed by atoms with Gasteiger partial charge in [-0.05, 0) is 37.8 Å². The Kier molecular flexibility index (Phi) is 5.24. The number of anilines is 2. The van der Waals surface area contributed by atoms with Crippen LogP contribution in [0.3, 0.4) is 0 Å². The van der Waals surface area contributed by atoms with Gasteiger partial charge in [-0.25, -0.2) is 9.97 Å². The van der Waals surface area contributed by atoms with E-state index in [0.29, 0.717) is 28.8 Å². The SMILES string of the molecule is CCC1CCCCN1C(=O)c1cnc(Nc2ccccc2C#N)nc1. The molecule has 1 fully saturated rings. The van der Waals surface area contributed by atoms with E-state index in [1.54, 1.807) is 30.6 Å². The number of nitrogens with one attached hydrogen (secondary N) is 1. The van der Waals surface area contributed by atoms with Crippen molar-refractivity contribution in [1.29, 1.82) is 5.26 Å². The topological polar surface area (TPSA) is 81.9 Å². The van der Waals surface area contributed by atoms with Gasteiger partial charge in [-0.1, -0.05) is 19.1 Å². The number of aromatic nitrogens is 2. The van der Waals surface area contributed by atoms with Crippen LogP contribution in [-0.4, -0.2) is 33.4 Å². The van der Waals surface area contributed by atoms with Crippen LogP contribution in [0.1, 0.15) is 48.5 Å². The minimum Gasteiger partial charge on any atom is -0.336 e. The monoisotopic (exact) mass is 335 g/mol. The van der Waals surface area contributed by atoms with Gasteiger partial charge in [0, 0.05) is 25.0 Å². The highest BCUT2D eigenvalue weighted by molar-refractivity contribution is 5.94. The number of para-hydroxylation sites is 1. The van der Waals surface area contributed by atoms with E-state index in [1.807, 2.05) is 11.0 Å². The fraction of sp³-hybridized carbons (Fsp3) is 0.368. The van der Waals surface area contributed by atoms with Crippen LogP contribution in [0.4, 0.5) is 11.6 Å². The smallest absolute Gasteiger partial charge is 0.257 e. The molecule has 1 saturated heterocycles. The number of nitrogens with zero attached hydrogens (tertiary/aromatic N) is 4. The van der Waals surface area contributed by atoms with Crippen molar-refractivity contribution >= 4 is 17.5 Å². The zero-order chi connectivity index (χ0) is 17.6. The minimum atomic E-state index is -0.00414. The summed E-state index contributed by atoms with van der Waals surface area (Å²) in [4.78, 5) is 23.1.